The second-order valence-corrected chi connectivity index (χ2v) is 9.74. The lowest BCUT2D eigenvalue weighted by Gasteiger charge is -2.49. The Morgan fingerprint density at radius 3 is 2.13 bits per heavy atom. The van der Waals surface area contributed by atoms with E-state index in [1.807, 2.05) is 24.0 Å². The lowest BCUT2D eigenvalue weighted by Crippen LogP contribution is -2.60. The number of nitrogens with zero attached hydrogens (tertiary/aromatic N) is 2. The van der Waals surface area contributed by atoms with Crippen LogP contribution in [0.1, 0.15) is 68.2 Å². The van der Waals surface area contributed by atoms with Crippen molar-refractivity contribution in [2.75, 3.05) is 11.9 Å². The fraction of sp³-hybridized carbons (Fsp3) is 0.400. The van der Waals surface area contributed by atoms with Crippen molar-refractivity contribution in [3.63, 3.8) is 0 Å². The molecule has 2 aromatic carbocycles. The van der Waals surface area contributed by atoms with Crippen LogP contribution in [0.3, 0.4) is 0 Å². The molecule has 1 fully saturated rings. The summed E-state index contributed by atoms with van der Waals surface area (Å²) in [5, 5.41) is 11.1. The van der Waals surface area contributed by atoms with Crippen molar-refractivity contribution in [1.29, 1.82) is 5.26 Å². The fourth-order valence-electron chi connectivity index (χ4n) is 4.35. The first kappa shape index (κ1) is 33.3. The van der Waals surface area contributed by atoms with Crippen LogP contribution in [-0.4, -0.2) is 29.3 Å². The van der Waals surface area contributed by atoms with Crippen LogP contribution in [0.25, 0.3) is 0 Å². The van der Waals surface area contributed by atoms with Gasteiger partial charge in [0.2, 0.25) is 5.91 Å². The molecule has 2 aromatic rings. The second-order valence-electron chi connectivity index (χ2n) is 9.15. The summed E-state index contributed by atoms with van der Waals surface area (Å²) < 4.78 is 36.8. The van der Waals surface area contributed by atoms with E-state index in [-0.39, 0.29) is 17.3 Å². The summed E-state index contributed by atoms with van der Waals surface area (Å²) in [7, 11) is 1.66. The minimum absolute atomic E-state index is 0.0718. The zero-order valence-corrected chi connectivity index (χ0v) is 23.5. The van der Waals surface area contributed by atoms with E-state index in [1.165, 1.54) is 23.8 Å². The first-order valence-corrected chi connectivity index (χ1v) is 12.8. The Morgan fingerprint density at radius 1 is 1.13 bits per heavy atom. The predicted molar refractivity (Wildman–Crippen MR) is 152 cm³/mol. The maximum absolute atomic E-state index is 12.3. The maximum Gasteiger partial charge on any atom is 0.417 e. The van der Waals surface area contributed by atoms with Crippen LogP contribution in [0.4, 0.5) is 18.9 Å². The molecule has 1 N–H and O–H groups in total. The van der Waals surface area contributed by atoms with Crippen LogP contribution in [0, 0.1) is 31.1 Å². The van der Waals surface area contributed by atoms with E-state index >= 15 is 0 Å². The minimum atomic E-state index is -4.45. The second kappa shape index (κ2) is 15.0. The molecule has 0 atom stereocenters. The molecule has 1 aliphatic carbocycles. The minimum Gasteiger partial charge on any atom is -0.359 e. The SMILES string of the molecule is C#C.CNC(=O)CCCc1ccc(N(C(C)=S)C2(C(C)=O)CCC2)cc1.Cc1ccc(C#N)c(C(F)(F)F)c1. The number of carbonyl (C=O) groups is 2. The van der Waals surface area contributed by atoms with Crippen molar-refractivity contribution in [2.45, 2.75) is 71.0 Å². The van der Waals surface area contributed by atoms with Gasteiger partial charge >= 0.3 is 6.18 Å². The lowest BCUT2D eigenvalue weighted by molar-refractivity contribution is -0.137. The van der Waals surface area contributed by atoms with Gasteiger partial charge in [-0.2, -0.15) is 18.4 Å². The van der Waals surface area contributed by atoms with Crippen molar-refractivity contribution in [2.24, 2.45) is 0 Å². The third-order valence-corrected chi connectivity index (χ3v) is 6.71. The molecule has 0 heterocycles. The molecule has 39 heavy (non-hydrogen) atoms. The first-order valence-electron chi connectivity index (χ1n) is 12.4. The highest BCUT2D eigenvalue weighted by molar-refractivity contribution is 7.80. The van der Waals surface area contributed by atoms with E-state index in [0.717, 1.165) is 48.8 Å². The highest BCUT2D eigenvalue weighted by atomic mass is 32.1. The first-order chi connectivity index (χ1) is 18.4. The highest BCUT2D eigenvalue weighted by Gasteiger charge is 2.47. The topological polar surface area (TPSA) is 73.2 Å². The van der Waals surface area contributed by atoms with Crippen LogP contribution in [0.15, 0.2) is 42.5 Å². The standard InChI is InChI=1S/C19H26N2O2S.C9H6F3N.C2H2/c1-14(22)19(12-5-13-19)21(15(2)24)17-10-8-16(9-11-17)6-4-7-18(23)20-3;1-6-2-3-7(5-13)8(4-6)9(10,11)12;1-2/h8-11H,4-7,12-13H2,1-3H3,(H,20,23);2-4H,1H3;1-2H. The number of amides is 1. The largest absolute Gasteiger partial charge is 0.417 e. The van der Waals surface area contributed by atoms with Crippen molar-refractivity contribution >= 4 is 34.6 Å². The molecule has 0 bridgehead atoms. The number of aryl methyl sites for hydroxylation is 2. The molecule has 1 amide bonds. The van der Waals surface area contributed by atoms with Gasteiger partial charge in [-0.05, 0) is 82.7 Å². The third-order valence-electron chi connectivity index (χ3n) is 6.52. The Labute approximate surface area is 234 Å². The smallest absolute Gasteiger partial charge is 0.359 e. The van der Waals surface area contributed by atoms with Crippen LogP contribution in [-0.2, 0) is 22.2 Å². The number of thiocarbonyl (C=S) groups is 1. The van der Waals surface area contributed by atoms with Crippen LogP contribution < -0.4 is 10.2 Å². The zero-order valence-electron chi connectivity index (χ0n) is 22.7. The molecule has 5 nitrogen and oxygen atoms in total. The molecular formula is C30H34F3N3O2S. The van der Waals surface area contributed by atoms with Gasteiger partial charge in [0.25, 0.3) is 0 Å². The van der Waals surface area contributed by atoms with Crippen molar-refractivity contribution < 1.29 is 22.8 Å². The van der Waals surface area contributed by atoms with Crippen LogP contribution >= 0.6 is 12.2 Å². The van der Waals surface area contributed by atoms with Gasteiger partial charge in [0, 0.05) is 19.2 Å². The molecule has 0 aromatic heterocycles. The molecule has 0 unspecified atom stereocenters. The number of nitriles is 1. The van der Waals surface area contributed by atoms with Crippen molar-refractivity contribution in [1.82, 2.24) is 5.32 Å². The number of anilines is 1. The molecule has 9 heteroatoms. The van der Waals surface area contributed by atoms with E-state index < -0.39 is 17.3 Å². The monoisotopic (exact) mass is 557 g/mol. The number of benzene rings is 2. The van der Waals surface area contributed by atoms with Gasteiger partial charge in [-0.1, -0.05) is 36.0 Å². The number of rotatable bonds is 7. The van der Waals surface area contributed by atoms with Gasteiger partial charge in [-0.3, -0.25) is 9.59 Å². The number of hydrogen-bond acceptors (Lipinski definition) is 4. The number of carbonyl (C=O) groups excluding carboxylic acids is 2. The Morgan fingerprint density at radius 2 is 1.72 bits per heavy atom. The van der Waals surface area contributed by atoms with E-state index in [9.17, 15) is 22.8 Å². The zero-order chi connectivity index (χ0) is 29.8. The number of terminal acetylenes is 1. The van der Waals surface area contributed by atoms with Crippen LogP contribution in [0.5, 0.6) is 0 Å². The summed E-state index contributed by atoms with van der Waals surface area (Å²) in [5.74, 6) is 0.259. The summed E-state index contributed by atoms with van der Waals surface area (Å²) in [6, 6.07) is 13.3. The van der Waals surface area contributed by atoms with E-state index in [1.54, 1.807) is 20.9 Å². The maximum atomic E-state index is 12.3. The molecule has 0 aliphatic heterocycles. The third kappa shape index (κ3) is 8.94. The normalized spacial score (nSPS) is 13.1. The van der Waals surface area contributed by atoms with Gasteiger partial charge in [-0.25, -0.2) is 0 Å². The summed E-state index contributed by atoms with van der Waals surface area (Å²) >= 11 is 5.44. The molecule has 0 saturated heterocycles. The molecule has 1 aliphatic rings. The quantitative estimate of drug-likeness (QED) is 0.309. The van der Waals surface area contributed by atoms with E-state index in [2.05, 4.69) is 30.3 Å². The summed E-state index contributed by atoms with van der Waals surface area (Å²) in [4.78, 5) is 26.3. The number of Topliss-reactive ketones (excluding diaryl/α,β-unsaturated/α-hetero) is 1. The van der Waals surface area contributed by atoms with E-state index in [4.69, 9.17) is 17.5 Å². The Kier molecular flexibility index (Phi) is 12.9. The van der Waals surface area contributed by atoms with Gasteiger partial charge in [0.1, 0.15) is 5.54 Å². The lowest BCUT2D eigenvalue weighted by atomic mass is 9.72. The van der Waals surface area contributed by atoms with Gasteiger partial charge in [0.15, 0.2) is 5.78 Å². The summed E-state index contributed by atoms with van der Waals surface area (Å²) in [6.45, 7) is 5.10. The van der Waals surface area contributed by atoms with Gasteiger partial charge in [0.05, 0.1) is 22.2 Å². The predicted octanol–water partition coefficient (Wildman–Crippen LogP) is 6.56. The van der Waals surface area contributed by atoms with Gasteiger partial charge in [-0.15, -0.1) is 12.8 Å². The number of ketones is 1. The molecule has 0 spiro atoms. The average molecular weight is 558 g/mol. The number of hydrogen-bond donors (Lipinski definition) is 1. The number of nitrogens with one attached hydrogen (secondary N) is 1. The summed E-state index contributed by atoms with van der Waals surface area (Å²) in [5.41, 5.74) is 1.01. The van der Waals surface area contributed by atoms with Gasteiger partial charge < -0.3 is 10.2 Å². The van der Waals surface area contributed by atoms with Crippen molar-refractivity contribution in [3.8, 4) is 18.9 Å². The molecule has 3 rings (SSSR count). The molecule has 0 radical (unpaired) electrons. The number of halogens is 3. The van der Waals surface area contributed by atoms with Crippen LogP contribution in [0.2, 0.25) is 0 Å². The Bertz CT molecular complexity index is 1210. The van der Waals surface area contributed by atoms with Crippen molar-refractivity contribution in [3.05, 3.63) is 64.7 Å². The Balaban J connectivity index is 0.000000428. The average Bonchev–Trinajstić information content (AvgIpc) is 2.87. The number of alkyl halides is 3. The molecular weight excluding hydrogens is 523 g/mol. The van der Waals surface area contributed by atoms with E-state index in [0.29, 0.717) is 12.0 Å². The fourth-order valence-corrected chi connectivity index (χ4v) is 4.64. The molecule has 208 valence electrons. The highest BCUT2D eigenvalue weighted by Crippen LogP contribution is 2.41. The Hall–Kier alpha value is -3.69. The summed E-state index contributed by atoms with van der Waals surface area (Å²) in [6.07, 6.45) is 8.58. The molecule has 1 saturated carbocycles.